The van der Waals surface area contributed by atoms with Crippen LogP contribution in [0, 0.1) is 6.92 Å². The molecule has 0 spiro atoms. The molecule has 0 saturated carbocycles. The van der Waals surface area contributed by atoms with Crippen molar-refractivity contribution in [1.82, 2.24) is 14.5 Å². The molecule has 4 aromatic rings. The molecule has 0 saturated heterocycles. The zero-order valence-electron chi connectivity index (χ0n) is 20.3. The van der Waals surface area contributed by atoms with E-state index in [1.165, 1.54) is 20.1 Å². The molecule has 0 aliphatic heterocycles. The highest BCUT2D eigenvalue weighted by atomic mass is 16.5. The smallest absolute Gasteiger partial charge is 0.306 e. The minimum absolute atomic E-state index is 0.0431. The number of hydrogen-bond acceptors (Lipinski definition) is 7. The second kappa shape index (κ2) is 10.5. The Balaban J connectivity index is 1.73. The van der Waals surface area contributed by atoms with Gasteiger partial charge in [-0.05, 0) is 32.0 Å². The van der Waals surface area contributed by atoms with Crippen molar-refractivity contribution in [1.29, 1.82) is 0 Å². The predicted octanol–water partition coefficient (Wildman–Crippen LogP) is 3.99. The summed E-state index contributed by atoms with van der Waals surface area (Å²) in [7, 11) is 1.27. The fourth-order valence-corrected chi connectivity index (χ4v) is 4.19. The zero-order chi connectivity index (χ0) is 25.8. The minimum atomic E-state index is -0.866. The molecule has 4 rings (SSSR count). The van der Waals surface area contributed by atoms with Gasteiger partial charge in [-0.2, -0.15) is 0 Å². The van der Waals surface area contributed by atoms with Crippen molar-refractivity contribution in [2.45, 2.75) is 39.2 Å². The van der Waals surface area contributed by atoms with E-state index >= 15 is 0 Å². The van der Waals surface area contributed by atoms with E-state index in [9.17, 15) is 19.5 Å². The van der Waals surface area contributed by atoms with E-state index in [-0.39, 0.29) is 23.5 Å². The quantitative estimate of drug-likeness (QED) is 0.269. The molecule has 9 heteroatoms. The number of H-pyrrole nitrogens is 1. The summed E-state index contributed by atoms with van der Waals surface area (Å²) >= 11 is 0. The first kappa shape index (κ1) is 24.7. The summed E-state index contributed by atoms with van der Waals surface area (Å²) in [6, 6.07) is 11.9. The summed E-state index contributed by atoms with van der Waals surface area (Å²) in [5.74, 6) is -0.837. The Morgan fingerprint density at radius 3 is 2.58 bits per heavy atom. The molecule has 0 amide bonds. The van der Waals surface area contributed by atoms with Crippen LogP contribution >= 0.6 is 0 Å². The number of esters is 1. The number of nitrogens with one attached hydrogen (secondary N) is 1. The lowest BCUT2D eigenvalue weighted by molar-refractivity contribution is -0.140. The number of methoxy groups -OCH3 is 1. The summed E-state index contributed by atoms with van der Waals surface area (Å²) in [5, 5.41) is 10.8. The molecule has 3 heterocycles. The number of hydrogen-bond donors (Lipinski definition) is 2. The highest BCUT2D eigenvalue weighted by Crippen LogP contribution is 2.35. The van der Waals surface area contributed by atoms with Gasteiger partial charge in [0.25, 0.3) is 5.56 Å². The largest absolute Gasteiger partial charge is 0.507 e. The summed E-state index contributed by atoms with van der Waals surface area (Å²) in [6.45, 7) is 3.59. The molecule has 1 aromatic carbocycles. The van der Waals surface area contributed by atoms with Gasteiger partial charge in [0.15, 0.2) is 5.78 Å². The van der Waals surface area contributed by atoms with E-state index < -0.39 is 17.4 Å². The van der Waals surface area contributed by atoms with Gasteiger partial charge < -0.3 is 23.8 Å². The van der Waals surface area contributed by atoms with Crippen molar-refractivity contribution in [3.63, 3.8) is 0 Å². The lowest BCUT2D eigenvalue weighted by Gasteiger charge is -2.18. The molecule has 0 unspecified atom stereocenters. The number of aromatic hydroxyl groups is 1. The van der Waals surface area contributed by atoms with Crippen LogP contribution in [0.5, 0.6) is 5.75 Å². The molecule has 9 nitrogen and oxygen atoms in total. The number of ketones is 1. The molecule has 0 fully saturated rings. The first-order chi connectivity index (χ1) is 17.3. The Labute approximate surface area is 207 Å². The van der Waals surface area contributed by atoms with E-state index in [0.29, 0.717) is 35.7 Å². The van der Waals surface area contributed by atoms with E-state index in [0.717, 1.165) is 11.3 Å². The Morgan fingerprint density at radius 1 is 1.19 bits per heavy atom. The highest BCUT2D eigenvalue weighted by molar-refractivity contribution is 5.94. The maximum atomic E-state index is 13.6. The van der Waals surface area contributed by atoms with Crippen LogP contribution in [-0.2, 0) is 22.5 Å². The Morgan fingerprint density at radius 2 is 1.94 bits per heavy atom. The topological polar surface area (TPSA) is 127 Å². The van der Waals surface area contributed by atoms with Crippen molar-refractivity contribution >= 4 is 11.8 Å². The molecular weight excluding hydrogens is 462 g/mol. The molecule has 36 heavy (non-hydrogen) atoms. The van der Waals surface area contributed by atoms with Crippen LogP contribution in [0.4, 0.5) is 0 Å². The van der Waals surface area contributed by atoms with Crippen molar-refractivity contribution in [2.24, 2.45) is 0 Å². The van der Waals surface area contributed by atoms with Crippen molar-refractivity contribution < 1.29 is 23.8 Å². The number of carbonyl (C=O) groups is 2. The highest BCUT2D eigenvalue weighted by Gasteiger charge is 2.29. The van der Waals surface area contributed by atoms with Gasteiger partial charge in [0.2, 0.25) is 0 Å². The second-order valence-electron chi connectivity index (χ2n) is 8.54. The van der Waals surface area contributed by atoms with Gasteiger partial charge in [-0.25, -0.2) is 4.98 Å². The number of ether oxygens (including phenoxy) is 1. The lowest BCUT2D eigenvalue weighted by atomic mass is 9.93. The van der Waals surface area contributed by atoms with Crippen LogP contribution in [-0.4, -0.2) is 38.5 Å². The number of pyridine rings is 1. The van der Waals surface area contributed by atoms with Crippen LogP contribution in [0.1, 0.15) is 52.3 Å². The molecule has 3 aromatic heterocycles. The summed E-state index contributed by atoms with van der Waals surface area (Å²) in [6.07, 6.45) is 3.60. The standard InChI is InChI=1S/C27H27N3O6/c1-16-12-22(32)26(27(34)30(16)11-10-20-14-28-15-29-20)21(13-25(33)35-3)24-9-8-23(36-24)19-6-4-18(5-7-19)17(2)31/h4-9,12,14-15,21,32H,10-11,13H2,1-3H3,(H,28,29)/t21-/m1/s1. The number of rotatable bonds is 9. The van der Waals surface area contributed by atoms with E-state index in [1.54, 1.807) is 60.4 Å². The van der Waals surface area contributed by atoms with Crippen molar-refractivity contribution in [2.75, 3.05) is 7.11 Å². The fraction of sp³-hybridized carbons (Fsp3) is 0.259. The Kier molecular flexibility index (Phi) is 7.19. The van der Waals surface area contributed by atoms with E-state index in [1.807, 2.05) is 0 Å². The van der Waals surface area contributed by atoms with Gasteiger partial charge in [0, 0.05) is 41.7 Å². The fourth-order valence-electron chi connectivity index (χ4n) is 4.19. The molecule has 0 bridgehead atoms. The third kappa shape index (κ3) is 5.14. The SMILES string of the molecule is COC(=O)C[C@H](c1ccc(-c2ccc(C(C)=O)cc2)o1)c1c(O)cc(C)n(CCc2cnc[nH]2)c1=O. The lowest BCUT2D eigenvalue weighted by Crippen LogP contribution is -2.29. The number of aromatic amines is 1. The van der Waals surface area contributed by atoms with E-state index in [4.69, 9.17) is 9.15 Å². The van der Waals surface area contributed by atoms with Crippen LogP contribution in [0.3, 0.4) is 0 Å². The zero-order valence-corrected chi connectivity index (χ0v) is 20.3. The minimum Gasteiger partial charge on any atom is -0.507 e. The average molecular weight is 490 g/mol. The number of aromatic nitrogens is 3. The van der Waals surface area contributed by atoms with Crippen LogP contribution in [0.2, 0.25) is 0 Å². The maximum Gasteiger partial charge on any atom is 0.306 e. The molecule has 0 radical (unpaired) electrons. The maximum absolute atomic E-state index is 13.6. The molecular formula is C27H27N3O6. The predicted molar refractivity (Wildman–Crippen MR) is 132 cm³/mol. The van der Waals surface area contributed by atoms with E-state index in [2.05, 4.69) is 9.97 Å². The molecule has 1 atom stereocenters. The number of carbonyl (C=O) groups excluding carboxylic acids is 2. The van der Waals surface area contributed by atoms with Crippen LogP contribution < -0.4 is 5.56 Å². The number of aryl methyl sites for hydroxylation is 2. The number of nitrogens with zero attached hydrogens (tertiary/aromatic N) is 2. The first-order valence-corrected chi connectivity index (χ1v) is 11.5. The normalized spacial score (nSPS) is 11.9. The second-order valence-corrected chi connectivity index (χ2v) is 8.54. The van der Waals surface area contributed by atoms with Gasteiger partial charge >= 0.3 is 5.97 Å². The summed E-state index contributed by atoms with van der Waals surface area (Å²) in [5.41, 5.74) is 2.41. The number of imidazole rings is 1. The molecule has 0 aliphatic carbocycles. The average Bonchev–Trinajstić information content (AvgIpc) is 3.55. The number of Topliss-reactive ketones (excluding diaryl/α,β-unsaturated/α-hetero) is 1. The summed E-state index contributed by atoms with van der Waals surface area (Å²) in [4.78, 5) is 44.5. The van der Waals surface area contributed by atoms with Gasteiger partial charge in [0.05, 0.1) is 31.3 Å². The third-order valence-electron chi connectivity index (χ3n) is 6.18. The Bertz CT molecular complexity index is 1430. The third-order valence-corrected chi connectivity index (χ3v) is 6.18. The number of furan rings is 1. The van der Waals surface area contributed by atoms with Crippen molar-refractivity contribution in [3.8, 4) is 17.1 Å². The van der Waals surface area contributed by atoms with Crippen molar-refractivity contribution in [3.05, 3.63) is 93.6 Å². The molecule has 2 N–H and O–H groups in total. The van der Waals surface area contributed by atoms with Crippen LogP contribution in [0.15, 0.2) is 64.2 Å². The Hall–Kier alpha value is -4.40. The van der Waals surface area contributed by atoms with Crippen LogP contribution in [0.25, 0.3) is 11.3 Å². The monoisotopic (exact) mass is 489 g/mol. The summed E-state index contributed by atoms with van der Waals surface area (Å²) < 4.78 is 12.5. The number of benzene rings is 1. The van der Waals surface area contributed by atoms with Gasteiger partial charge in [0.1, 0.15) is 17.3 Å². The van der Waals surface area contributed by atoms with Gasteiger partial charge in [-0.1, -0.05) is 24.3 Å². The molecule has 0 aliphatic rings. The van der Waals surface area contributed by atoms with Gasteiger partial charge in [-0.15, -0.1) is 0 Å². The molecule has 186 valence electrons. The first-order valence-electron chi connectivity index (χ1n) is 11.5. The van der Waals surface area contributed by atoms with Gasteiger partial charge in [-0.3, -0.25) is 14.4 Å².